The van der Waals surface area contributed by atoms with Crippen molar-refractivity contribution >= 4 is 15.9 Å². The third kappa shape index (κ3) is 3.49. The number of carbonyl (C=O) groups excluding carboxylic acids is 1. The minimum atomic E-state index is -3.34. The number of aromatic amines is 1. The molecule has 3 fully saturated rings. The molecule has 3 heterocycles. The third-order valence-corrected chi connectivity index (χ3v) is 8.82. The van der Waals surface area contributed by atoms with Gasteiger partial charge in [-0.3, -0.25) is 9.59 Å². The summed E-state index contributed by atoms with van der Waals surface area (Å²) in [5.74, 6) is 2.00. The van der Waals surface area contributed by atoms with Crippen LogP contribution in [0.2, 0.25) is 0 Å². The number of aromatic nitrogens is 2. The van der Waals surface area contributed by atoms with Gasteiger partial charge in [0.15, 0.2) is 0 Å². The topological polar surface area (TPSA) is 103 Å². The number of fused-ring (bicyclic) bond motifs is 2. The molecule has 1 aromatic heterocycles. The summed E-state index contributed by atoms with van der Waals surface area (Å²) in [7, 11) is -3.34. The number of sulfonamides is 1. The molecule has 1 N–H and O–H groups in total. The van der Waals surface area contributed by atoms with Crippen LogP contribution in [0, 0.1) is 17.8 Å². The van der Waals surface area contributed by atoms with Gasteiger partial charge < -0.3 is 9.88 Å². The van der Waals surface area contributed by atoms with Gasteiger partial charge in [0.2, 0.25) is 15.9 Å². The van der Waals surface area contributed by atoms with Crippen LogP contribution in [-0.2, 0) is 27.8 Å². The van der Waals surface area contributed by atoms with Gasteiger partial charge in [-0.1, -0.05) is 12.8 Å². The fourth-order valence-electron chi connectivity index (χ4n) is 5.91. The van der Waals surface area contributed by atoms with Crippen LogP contribution in [-0.4, -0.2) is 52.8 Å². The minimum Gasteiger partial charge on any atom is -0.332 e. The number of rotatable bonds is 3. The van der Waals surface area contributed by atoms with Crippen molar-refractivity contribution in [3.8, 4) is 0 Å². The Morgan fingerprint density at radius 2 is 1.77 bits per heavy atom. The molecule has 164 valence electrons. The van der Waals surface area contributed by atoms with Crippen molar-refractivity contribution in [2.45, 2.75) is 64.0 Å². The lowest BCUT2D eigenvalue weighted by Crippen LogP contribution is -2.43. The molecule has 8 nitrogen and oxygen atoms in total. The van der Waals surface area contributed by atoms with E-state index in [1.54, 1.807) is 0 Å². The predicted molar refractivity (Wildman–Crippen MR) is 111 cm³/mol. The summed E-state index contributed by atoms with van der Waals surface area (Å²) in [6.07, 6.45) is 9.07. The van der Waals surface area contributed by atoms with Crippen LogP contribution in [0.4, 0.5) is 0 Å². The van der Waals surface area contributed by atoms with Gasteiger partial charge in [-0.05, 0) is 50.4 Å². The van der Waals surface area contributed by atoms with Crippen molar-refractivity contribution in [2.24, 2.45) is 17.8 Å². The van der Waals surface area contributed by atoms with Gasteiger partial charge >= 0.3 is 0 Å². The van der Waals surface area contributed by atoms with Crippen molar-refractivity contribution in [3.63, 3.8) is 0 Å². The van der Waals surface area contributed by atoms with E-state index >= 15 is 0 Å². The first kappa shape index (κ1) is 20.2. The van der Waals surface area contributed by atoms with Crippen LogP contribution >= 0.6 is 0 Å². The number of amides is 1. The molecule has 2 saturated carbocycles. The van der Waals surface area contributed by atoms with E-state index in [2.05, 4.69) is 4.98 Å². The van der Waals surface area contributed by atoms with Crippen molar-refractivity contribution in [1.82, 2.24) is 19.2 Å². The molecule has 0 spiro atoms. The highest BCUT2D eigenvalue weighted by atomic mass is 32.2. The molecule has 0 aromatic carbocycles. The number of likely N-dealkylation sites (tertiary alicyclic amines) is 1. The summed E-state index contributed by atoms with van der Waals surface area (Å²) in [6, 6.07) is -0.222. The third-order valence-electron chi connectivity index (χ3n) is 7.57. The highest BCUT2D eigenvalue weighted by Crippen LogP contribution is 2.56. The van der Waals surface area contributed by atoms with E-state index in [0.29, 0.717) is 48.4 Å². The first-order valence-electron chi connectivity index (χ1n) is 11.2. The predicted octanol–water partition coefficient (Wildman–Crippen LogP) is 1.58. The molecule has 1 unspecified atom stereocenters. The van der Waals surface area contributed by atoms with Gasteiger partial charge in [0.25, 0.3) is 5.56 Å². The van der Waals surface area contributed by atoms with Crippen LogP contribution in [0.3, 0.4) is 0 Å². The molecule has 0 radical (unpaired) electrons. The second-order valence-electron chi connectivity index (χ2n) is 9.40. The van der Waals surface area contributed by atoms with Crippen molar-refractivity contribution < 1.29 is 13.2 Å². The summed E-state index contributed by atoms with van der Waals surface area (Å²) >= 11 is 0. The fourth-order valence-corrected chi connectivity index (χ4v) is 6.69. The largest absolute Gasteiger partial charge is 0.332 e. The highest BCUT2D eigenvalue weighted by molar-refractivity contribution is 7.88. The number of H-pyrrole nitrogens is 1. The molecule has 5 rings (SSSR count). The van der Waals surface area contributed by atoms with E-state index in [1.807, 2.05) is 4.90 Å². The van der Waals surface area contributed by atoms with Crippen LogP contribution in [0.5, 0.6) is 0 Å². The second-order valence-corrected chi connectivity index (χ2v) is 11.4. The number of nitrogens with one attached hydrogen (secondary N) is 1. The van der Waals surface area contributed by atoms with E-state index in [1.165, 1.54) is 23.4 Å². The molecular formula is C21H30N4O4S. The lowest BCUT2D eigenvalue weighted by Gasteiger charge is -2.36. The Morgan fingerprint density at radius 3 is 2.47 bits per heavy atom. The maximum atomic E-state index is 13.4. The Morgan fingerprint density at radius 1 is 1.07 bits per heavy atom. The molecule has 9 heteroatoms. The quantitative estimate of drug-likeness (QED) is 0.778. The van der Waals surface area contributed by atoms with Crippen LogP contribution < -0.4 is 5.56 Å². The summed E-state index contributed by atoms with van der Waals surface area (Å²) in [4.78, 5) is 35.7. The van der Waals surface area contributed by atoms with Gasteiger partial charge in [0.1, 0.15) is 5.82 Å². The van der Waals surface area contributed by atoms with Gasteiger partial charge in [0.05, 0.1) is 24.5 Å². The van der Waals surface area contributed by atoms with Crippen molar-refractivity contribution in [1.29, 1.82) is 0 Å². The molecule has 4 aliphatic rings. The van der Waals surface area contributed by atoms with Gasteiger partial charge in [-0.25, -0.2) is 13.4 Å². The van der Waals surface area contributed by atoms with E-state index in [0.717, 1.165) is 32.1 Å². The average Bonchev–Trinajstić information content (AvgIpc) is 3.46. The van der Waals surface area contributed by atoms with Crippen molar-refractivity contribution in [3.05, 3.63) is 27.4 Å². The Balaban J connectivity index is 1.43. The monoisotopic (exact) mass is 434 g/mol. The van der Waals surface area contributed by atoms with E-state index in [-0.39, 0.29) is 30.0 Å². The minimum absolute atomic E-state index is 0.124. The number of carbonyl (C=O) groups is 1. The molecular weight excluding hydrogens is 404 g/mol. The molecule has 2 aliphatic heterocycles. The zero-order valence-electron chi connectivity index (χ0n) is 17.5. The SMILES string of the molecule is CS(=O)(=O)N1CCc2c(nc([C@H]3CCCCN3C(=O)C3[C@H]4CCCC[C@@H]34)[nH]c2=O)C1. The molecule has 2 aliphatic carbocycles. The standard InChI is InChI=1S/C21H30N4O4S/c1-30(28,29)24-11-9-15-16(12-24)22-19(23-20(15)26)17-8-4-5-10-25(17)21(27)18-13-6-2-3-7-14(13)18/h13-14,17-18H,2-12H2,1H3,(H,22,23,26)/t13-,14+,17-,18?/m1/s1. The highest BCUT2D eigenvalue weighted by Gasteiger charge is 2.56. The van der Waals surface area contributed by atoms with Gasteiger partial charge in [0, 0.05) is 24.6 Å². The van der Waals surface area contributed by atoms with Crippen molar-refractivity contribution in [2.75, 3.05) is 19.3 Å². The fraction of sp³-hybridized carbons (Fsp3) is 0.762. The zero-order valence-corrected chi connectivity index (χ0v) is 18.3. The number of hydrogen-bond donors (Lipinski definition) is 1. The zero-order chi connectivity index (χ0) is 21.0. The molecule has 0 bridgehead atoms. The van der Waals surface area contributed by atoms with Crippen LogP contribution in [0.1, 0.15) is 68.1 Å². The summed E-state index contributed by atoms with van der Waals surface area (Å²) < 4.78 is 25.3. The maximum absolute atomic E-state index is 13.4. The maximum Gasteiger partial charge on any atom is 0.254 e. The molecule has 4 atom stereocenters. The van der Waals surface area contributed by atoms with E-state index in [9.17, 15) is 18.0 Å². The average molecular weight is 435 g/mol. The second kappa shape index (κ2) is 7.44. The Hall–Kier alpha value is -1.74. The normalized spacial score (nSPS) is 31.7. The van der Waals surface area contributed by atoms with Crippen LogP contribution in [0.25, 0.3) is 0 Å². The van der Waals surface area contributed by atoms with Gasteiger partial charge in [-0.15, -0.1) is 0 Å². The summed E-state index contributed by atoms with van der Waals surface area (Å²) in [5.41, 5.74) is 0.908. The Bertz CT molecular complexity index is 1010. The first-order valence-corrected chi connectivity index (χ1v) is 13.1. The number of nitrogens with zero attached hydrogens (tertiary/aromatic N) is 3. The number of piperidine rings is 1. The molecule has 30 heavy (non-hydrogen) atoms. The summed E-state index contributed by atoms with van der Waals surface area (Å²) in [6.45, 7) is 1.13. The van der Waals surface area contributed by atoms with Crippen LogP contribution in [0.15, 0.2) is 4.79 Å². The molecule has 1 saturated heterocycles. The lowest BCUT2D eigenvalue weighted by molar-refractivity contribution is -0.137. The molecule has 1 aromatic rings. The lowest BCUT2D eigenvalue weighted by atomic mass is 9.99. The van der Waals surface area contributed by atoms with E-state index < -0.39 is 10.0 Å². The smallest absolute Gasteiger partial charge is 0.254 e. The van der Waals surface area contributed by atoms with E-state index in [4.69, 9.17) is 4.98 Å². The summed E-state index contributed by atoms with van der Waals surface area (Å²) in [5, 5.41) is 0. The Kier molecular flexibility index (Phi) is 5.01. The van der Waals surface area contributed by atoms with Gasteiger partial charge in [-0.2, -0.15) is 4.31 Å². The molecule has 1 amide bonds. The number of hydrogen-bond acceptors (Lipinski definition) is 5. The first-order chi connectivity index (χ1) is 14.3. The Labute approximate surface area is 177 Å².